The second-order valence-electron chi connectivity index (χ2n) is 13.4. The second kappa shape index (κ2) is 12.4. The maximum absolute atomic E-state index is 16.2. The lowest BCUT2D eigenvalue weighted by molar-refractivity contribution is -0.150. The Kier molecular flexibility index (Phi) is 8.86. The van der Waals surface area contributed by atoms with Crippen LogP contribution < -0.4 is 15.5 Å². The monoisotopic (exact) mass is 656 g/mol. The Labute approximate surface area is 269 Å². The van der Waals surface area contributed by atoms with Crippen LogP contribution in [0.3, 0.4) is 0 Å². The Balaban J connectivity index is 1.28. The fraction of sp³-hybridized carbons (Fsp3) is 0.545. The quantitative estimate of drug-likeness (QED) is 0.280. The summed E-state index contributed by atoms with van der Waals surface area (Å²) in [7, 11) is -3.45. The highest BCUT2D eigenvalue weighted by atomic mass is 35.5. The first-order valence-electron chi connectivity index (χ1n) is 16.0. The van der Waals surface area contributed by atoms with Gasteiger partial charge in [-0.05, 0) is 81.2 Å². The van der Waals surface area contributed by atoms with Crippen molar-refractivity contribution in [1.29, 1.82) is 0 Å². The van der Waals surface area contributed by atoms with Gasteiger partial charge in [0.2, 0.25) is 20.2 Å². The number of amides is 3. The lowest BCUT2D eigenvalue weighted by atomic mass is 9.82. The number of hydrogen-bond donors (Lipinski definition) is 3. The average Bonchev–Trinajstić information content (AvgIpc) is 3.78. The van der Waals surface area contributed by atoms with Crippen molar-refractivity contribution in [2.45, 2.75) is 88.0 Å². The second-order valence-corrected chi connectivity index (χ2v) is 17.7. The number of anilines is 2. The summed E-state index contributed by atoms with van der Waals surface area (Å²) in [6, 6.07) is 12.2. The number of aliphatic hydroxyl groups is 1. The third-order valence-corrected chi connectivity index (χ3v) is 12.8. The minimum atomic E-state index is -3.45. The predicted molar refractivity (Wildman–Crippen MR) is 173 cm³/mol. The van der Waals surface area contributed by atoms with Gasteiger partial charge in [0.1, 0.15) is 0 Å². The Morgan fingerprint density at radius 3 is 2.60 bits per heavy atom. The number of aliphatic hydroxyl groups excluding tert-OH is 1. The van der Waals surface area contributed by atoms with Gasteiger partial charge in [-0.1, -0.05) is 30.7 Å². The molecule has 0 aliphatic carbocycles. The van der Waals surface area contributed by atoms with Crippen LogP contribution in [0, 0.1) is 5.92 Å². The molecule has 3 saturated heterocycles. The molecule has 0 aromatic heterocycles. The zero-order valence-electron chi connectivity index (χ0n) is 26.0. The number of ether oxygens (including phenoxy) is 1. The van der Waals surface area contributed by atoms with Gasteiger partial charge < -0.3 is 34.4 Å². The number of carbonyl (C=O) groups excluding carboxylic acids is 3. The molecule has 6 atom stereocenters. The number of halogens is 2. The Hall–Kier alpha value is -2.83. The summed E-state index contributed by atoms with van der Waals surface area (Å²) in [5.41, 5.74) is 0.642. The molecule has 4 aliphatic rings. The molecule has 0 unspecified atom stereocenters. The van der Waals surface area contributed by atoms with Gasteiger partial charge in [0.25, 0.3) is 5.91 Å². The van der Waals surface area contributed by atoms with Crippen molar-refractivity contribution in [1.82, 2.24) is 10.2 Å². The molecule has 0 bridgehead atoms. The molecule has 3 amide bonds. The highest BCUT2D eigenvalue weighted by molar-refractivity contribution is 6.72. The first kappa shape index (κ1) is 32.1. The van der Waals surface area contributed by atoms with E-state index >= 15 is 4.11 Å². The normalized spacial score (nSPS) is 29.6. The molecule has 3 N–H and O–H groups in total. The molecule has 1 spiro atoms. The smallest absolute Gasteiger partial charge is 0.264 e. The van der Waals surface area contributed by atoms with Gasteiger partial charge in [-0.25, -0.2) is 0 Å². The lowest BCUT2D eigenvalue weighted by Crippen LogP contribution is -2.45. The molecule has 9 nitrogen and oxygen atoms in total. The Morgan fingerprint density at radius 2 is 1.93 bits per heavy atom. The number of likely N-dealkylation sites (tertiary alicyclic amines) is 1. The van der Waals surface area contributed by atoms with E-state index in [2.05, 4.69) is 10.6 Å². The van der Waals surface area contributed by atoms with Crippen LogP contribution in [0.1, 0.15) is 50.2 Å². The van der Waals surface area contributed by atoms with Gasteiger partial charge >= 0.3 is 0 Å². The first-order chi connectivity index (χ1) is 21.4. The Morgan fingerprint density at radius 1 is 1.18 bits per heavy atom. The minimum Gasteiger partial charge on any atom is -0.394 e. The standard InChI is InChI=1S/C33H42ClFN4O5Si/c1-20-30(45(2,3)35)28(17-29(41)38-15-5-6-24(38)19-40)44-33(20)25-16-22(34)10-13-27(25)39(32(33)43)18-21-8-11-23(12-9-21)37-31(42)26-7-4-14-36-26/h8-13,16,20,24,26,28,30,36,40H,4-7,14-15,17-19H2,1-3H3,(H,37,42)/t20-,24-,26+,28+,30-,33+/m0/s1. The van der Waals surface area contributed by atoms with Crippen LogP contribution in [0.5, 0.6) is 0 Å². The van der Waals surface area contributed by atoms with Crippen LogP contribution in [-0.2, 0) is 31.3 Å². The first-order valence-corrected chi connectivity index (χ1v) is 19.3. The summed E-state index contributed by atoms with van der Waals surface area (Å²) in [6.07, 6.45) is 2.47. The van der Waals surface area contributed by atoms with Crippen LogP contribution in [0.25, 0.3) is 0 Å². The topological polar surface area (TPSA) is 111 Å². The van der Waals surface area contributed by atoms with Crippen LogP contribution >= 0.6 is 11.6 Å². The van der Waals surface area contributed by atoms with E-state index in [1.807, 2.05) is 31.2 Å². The molecule has 3 fully saturated rings. The number of hydrogen-bond acceptors (Lipinski definition) is 6. The van der Waals surface area contributed by atoms with Gasteiger partial charge in [-0.15, -0.1) is 0 Å². The van der Waals surface area contributed by atoms with Crippen LogP contribution in [0.15, 0.2) is 42.5 Å². The summed E-state index contributed by atoms with van der Waals surface area (Å²) in [5, 5.41) is 16.4. The molecule has 242 valence electrons. The van der Waals surface area contributed by atoms with E-state index in [0.29, 0.717) is 28.5 Å². The fourth-order valence-electron chi connectivity index (χ4n) is 8.03. The summed E-state index contributed by atoms with van der Waals surface area (Å²) < 4.78 is 22.9. The van der Waals surface area contributed by atoms with Crippen molar-refractivity contribution in [2.75, 3.05) is 29.9 Å². The van der Waals surface area contributed by atoms with Crippen molar-refractivity contribution in [3.05, 3.63) is 58.6 Å². The third kappa shape index (κ3) is 5.82. The number of nitrogens with one attached hydrogen (secondary N) is 2. The van der Waals surface area contributed by atoms with Crippen molar-refractivity contribution >= 4 is 49.1 Å². The van der Waals surface area contributed by atoms with E-state index < -0.39 is 31.6 Å². The molecular formula is C33H42ClFN4O5Si. The molecule has 2 aromatic rings. The van der Waals surface area contributed by atoms with E-state index in [4.69, 9.17) is 16.3 Å². The fourth-order valence-corrected chi connectivity index (χ4v) is 10.7. The molecule has 0 radical (unpaired) electrons. The summed E-state index contributed by atoms with van der Waals surface area (Å²) in [5.74, 6) is -1.10. The number of rotatable bonds is 8. The van der Waals surface area contributed by atoms with Crippen molar-refractivity contribution in [3.8, 4) is 0 Å². The molecule has 45 heavy (non-hydrogen) atoms. The molecule has 6 rings (SSSR count). The molecule has 0 saturated carbocycles. The van der Waals surface area contributed by atoms with Crippen LogP contribution in [-0.4, -0.2) is 74.0 Å². The van der Waals surface area contributed by atoms with Crippen LogP contribution in [0.4, 0.5) is 15.5 Å². The molecule has 4 aliphatic heterocycles. The van der Waals surface area contributed by atoms with E-state index in [-0.39, 0.29) is 49.4 Å². The SMILES string of the molecule is C[C@H]1[C@H]([Si](C)(C)F)[C@@H](CC(=O)N2CCC[C@H]2CO)O[C@]12C(=O)N(Cc1ccc(NC(=O)[C@H]3CCCN3)cc1)c1ccc(Cl)cc12. The molecule has 2 aromatic carbocycles. The summed E-state index contributed by atoms with van der Waals surface area (Å²) in [6.45, 7) is 6.58. The zero-order valence-corrected chi connectivity index (χ0v) is 27.8. The van der Waals surface area contributed by atoms with Gasteiger partial charge in [0, 0.05) is 34.3 Å². The van der Waals surface area contributed by atoms with E-state index in [1.165, 1.54) is 0 Å². The zero-order chi connectivity index (χ0) is 32.1. The predicted octanol–water partition coefficient (Wildman–Crippen LogP) is 4.73. The van der Waals surface area contributed by atoms with Gasteiger partial charge in [0.15, 0.2) is 5.60 Å². The van der Waals surface area contributed by atoms with Gasteiger partial charge in [0.05, 0.1) is 43.4 Å². The van der Waals surface area contributed by atoms with Crippen molar-refractivity contribution in [3.63, 3.8) is 0 Å². The molecule has 12 heteroatoms. The number of benzene rings is 2. The minimum absolute atomic E-state index is 0.0552. The van der Waals surface area contributed by atoms with E-state index in [1.54, 1.807) is 41.1 Å². The summed E-state index contributed by atoms with van der Waals surface area (Å²) in [4.78, 5) is 44.0. The van der Waals surface area contributed by atoms with Crippen LogP contribution in [0.2, 0.25) is 23.7 Å². The van der Waals surface area contributed by atoms with E-state index in [9.17, 15) is 19.5 Å². The lowest BCUT2D eigenvalue weighted by Gasteiger charge is -2.31. The number of nitrogens with zero attached hydrogens (tertiary/aromatic N) is 2. The van der Waals surface area contributed by atoms with Gasteiger partial charge in [-0.2, -0.15) is 0 Å². The number of carbonyl (C=O) groups is 3. The third-order valence-electron chi connectivity index (χ3n) is 10.1. The van der Waals surface area contributed by atoms with Gasteiger partial charge in [-0.3, -0.25) is 14.4 Å². The van der Waals surface area contributed by atoms with Crippen molar-refractivity contribution in [2.24, 2.45) is 5.92 Å². The maximum atomic E-state index is 16.2. The van der Waals surface area contributed by atoms with E-state index in [0.717, 1.165) is 37.8 Å². The average molecular weight is 657 g/mol. The highest BCUT2D eigenvalue weighted by Gasteiger charge is 2.67. The maximum Gasteiger partial charge on any atom is 0.264 e. The Bertz CT molecular complexity index is 1470. The molecular weight excluding hydrogens is 615 g/mol. The van der Waals surface area contributed by atoms with Crippen molar-refractivity contribution < 1.29 is 28.3 Å². The number of fused-ring (bicyclic) bond motifs is 2. The highest BCUT2D eigenvalue weighted by Crippen LogP contribution is 2.60. The summed E-state index contributed by atoms with van der Waals surface area (Å²) >= 11 is 6.49. The molecule has 4 heterocycles. The largest absolute Gasteiger partial charge is 0.394 e.